The number of nitrogens with one attached hydrogen (secondary N) is 2. The van der Waals surface area contributed by atoms with Gasteiger partial charge in [-0.05, 0) is 32.0 Å². The minimum Gasteiger partial charge on any atom is -0.350 e. The molecule has 0 aromatic heterocycles. The molecule has 20 heavy (non-hydrogen) atoms. The summed E-state index contributed by atoms with van der Waals surface area (Å²) in [6.07, 6.45) is 1.03. The van der Waals surface area contributed by atoms with Crippen LogP contribution in [0.1, 0.15) is 24.2 Å². The van der Waals surface area contributed by atoms with Gasteiger partial charge in [0.2, 0.25) is 10.0 Å². The quantitative estimate of drug-likeness (QED) is 0.831. The van der Waals surface area contributed by atoms with Crippen molar-refractivity contribution in [2.75, 3.05) is 12.8 Å². The van der Waals surface area contributed by atoms with E-state index in [1.54, 1.807) is 19.9 Å². The van der Waals surface area contributed by atoms with Crippen molar-refractivity contribution in [3.05, 3.63) is 34.1 Å². The predicted molar refractivity (Wildman–Crippen MR) is 78.5 cm³/mol. The average Bonchev–Trinajstić information content (AvgIpc) is 2.22. The van der Waals surface area contributed by atoms with Crippen molar-refractivity contribution in [3.63, 3.8) is 0 Å². The van der Waals surface area contributed by atoms with Gasteiger partial charge in [-0.15, -0.1) is 0 Å². The van der Waals surface area contributed by atoms with E-state index in [-0.39, 0.29) is 12.1 Å². The maximum atomic E-state index is 13.6. The van der Waals surface area contributed by atoms with Crippen LogP contribution >= 0.6 is 15.9 Å². The van der Waals surface area contributed by atoms with Crippen LogP contribution in [0.4, 0.5) is 4.39 Å². The van der Waals surface area contributed by atoms with Gasteiger partial charge in [0.1, 0.15) is 5.82 Å². The van der Waals surface area contributed by atoms with E-state index in [0.717, 1.165) is 6.26 Å². The van der Waals surface area contributed by atoms with E-state index in [1.807, 2.05) is 0 Å². The highest BCUT2D eigenvalue weighted by atomic mass is 79.9. The molecule has 112 valence electrons. The molecule has 0 saturated carbocycles. The number of carbonyl (C=O) groups is 1. The smallest absolute Gasteiger partial charge is 0.254 e. The Morgan fingerprint density at radius 3 is 2.50 bits per heavy atom. The molecule has 0 aliphatic rings. The Morgan fingerprint density at radius 1 is 1.40 bits per heavy atom. The molecule has 8 heteroatoms. The molecule has 1 aromatic rings. The Kier molecular flexibility index (Phi) is 5.28. The number of carbonyl (C=O) groups excluding carboxylic acids is 1. The predicted octanol–water partition coefficient (Wildman–Crippen LogP) is 1.65. The molecule has 1 rings (SSSR count). The van der Waals surface area contributed by atoms with E-state index in [4.69, 9.17) is 0 Å². The molecule has 0 aliphatic heterocycles. The molecule has 0 spiro atoms. The second kappa shape index (κ2) is 6.19. The van der Waals surface area contributed by atoms with Gasteiger partial charge >= 0.3 is 0 Å². The van der Waals surface area contributed by atoms with E-state index in [2.05, 4.69) is 26.0 Å². The van der Waals surface area contributed by atoms with Crippen LogP contribution in [-0.2, 0) is 10.0 Å². The normalized spacial score (nSPS) is 12.2. The lowest BCUT2D eigenvalue weighted by molar-refractivity contribution is 0.0940. The monoisotopic (exact) mass is 366 g/mol. The number of hydrogen-bond acceptors (Lipinski definition) is 3. The summed E-state index contributed by atoms with van der Waals surface area (Å²) in [6, 6.07) is 4.10. The van der Waals surface area contributed by atoms with Gasteiger partial charge in [0, 0.05) is 16.6 Å². The molecule has 0 aliphatic carbocycles. The van der Waals surface area contributed by atoms with Gasteiger partial charge in [-0.2, -0.15) is 0 Å². The van der Waals surface area contributed by atoms with Crippen LogP contribution in [0.2, 0.25) is 0 Å². The van der Waals surface area contributed by atoms with Crippen LogP contribution in [0.3, 0.4) is 0 Å². The lowest BCUT2D eigenvalue weighted by Gasteiger charge is -2.25. The van der Waals surface area contributed by atoms with Gasteiger partial charge in [-0.3, -0.25) is 4.79 Å². The third kappa shape index (κ3) is 5.56. The van der Waals surface area contributed by atoms with Crippen molar-refractivity contribution in [1.29, 1.82) is 0 Å². The van der Waals surface area contributed by atoms with E-state index in [9.17, 15) is 17.6 Å². The summed E-state index contributed by atoms with van der Waals surface area (Å²) in [5, 5.41) is 2.50. The fourth-order valence-corrected chi connectivity index (χ4v) is 3.02. The van der Waals surface area contributed by atoms with Crippen molar-refractivity contribution in [1.82, 2.24) is 10.0 Å². The van der Waals surface area contributed by atoms with Crippen LogP contribution in [0.5, 0.6) is 0 Å². The minimum atomic E-state index is -3.39. The maximum Gasteiger partial charge on any atom is 0.254 e. The van der Waals surface area contributed by atoms with Gasteiger partial charge in [-0.1, -0.05) is 15.9 Å². The number of benzene rings is 1. The molecule has 5 nitrogen and oxygen atoms in total. The number of rotatable bonds is 5. The molecule has 0 heterocycles. The van der Waals surface area contributed by atoms with Crippen LogP contribution in [-0.4, -0.2) is 32.7 Å². The molecule has 0 atom stereocenters. The molecule has 1 aromatic carbocycles. The van der Waals surface area contributed by atoms with Crippen LogP contribution < -0.4 is 10.0 Å². The van der Waals surface area contributed by atoms with Crippen molar-refractivity contribution < 1.29 is 17.6 Å². The van der Waals surface area contributed by atoms with Crippen molar-refractivity contribution >= 4 is 31.9 Å². The van der Waals surface area contributed by atoms with Gasteiger partial charge in [0.15, 0.2) is 0 Å². The summed E-state index contributed by atoms with van der Waals surface area (Å²) in [5.41, 5.74) is -0.960. The van der Waals surface area contributed by atoms with E-state index in [1.165, 1.54) is 12.1 Å². The third-order valence-corrected chi connectivity index (χ3v) is 3.74. The number of hydrogen-bond donors (Lipinski definition) is 2. The molecule has 0 fully saturated rings. The SMILES string of the molecule is CC(C)(CNC(=O)c1ccc(Br)cc1F)NS(C)(=O)=O. The second-order valence-corrected chi connectivity index (χ2v) is 7.73. The Balaban J connectivity index is 2.72. The van der Waals surface area contributed by atoms with Crippen molar-refractivity contribution in [2.45, 2.75) is 19.4 Å². The summed E-state index contributed by atoms with van der Waals surface area (Å²) in [5.74, 6) is -1.25. The summed E-state index contributed by atoms with van der Waals surface area (Å²) in [6.45, 7) is 3.27. The zero-order chi connectivity index (χ0) is 15.6. The topological polar surface area (TPSA) is 75.3 Å². The summed E-state index contributed by atoms with van der Waals surface area (Å²) in [4.78, 5) is 11.8. The fourth-order valence-electron chi connectivity index (χ4n) is 1.61. The minimum absolute atomic E-state index is 0.0361. The standard InChI is InChI=1S/C12H16BrFN2O3S/c1-12(2,16-20(3,18)19)7-15-11(17)9-5-4-8(13)6-10(9)14/h4-6,16H,7H2,1-3H3,(H,15,17). The summed E-state index contributed by atoms with van der Waals surface area (Å²) >= 11 is 3.10. The van der Waals surface area contributed by atoms with Crippen LogP contribution in [0.25, 0.3) is 0 Å². The van der Waals surface area contributed by atoms with Gasteiger partial charge < -0.3 is 5.32 Å². The Bertz CT molecular complexity index is 617. The van der Waals surface area contributed by atoms with Gasteiger partial charge in [0.05, 0.1) is 11.8 Å². The highest BCUT2D eigenvalue weighted by Gasteiger charge is 2.23. The van der Waals surface area contributed by atoms with E-state index in [0.29, 0.717) is 4.47 Å². The summed E-state index contributed by atoms with van der Waals surface area (Å²) in [7, 11) is -3.39. The molecular formula is C12H16BrFN2O3S. The first kappa shape index (κ1) is 17.1. The first-order valence-electron chi connectivity index (χ1n) is 5.72. The van der Waals surface area contributed by atoms with Gasteiger partial charge in [0.25, 0.3) is 5.91 Å². The maximum absolute atomic E-state index is 13.6. The van der Waals surface area contributed by atoms with Crippen LogP contribution in [0.15, 0.2) is 22.7 Å². The highest BCUT2D eigenvalue weighted by Crippen LogP contribution is 2.15. The zero-order valence-corrected chi connectivity index (χ0v) is 13.7. The fraction of sp³-hybridized carbons (Fsp3) is 0.417. The van der Waals surface area contributed by atoms with E-state index >= 15 is 0 Å². The summed E-state index contributed by atoms with van der Waals surface area (Å²) < 4.78 is 38.8. The van der Waals surface area contributed by atoms with Crippen molar-refractivity contribution in [2.24, 2.45) is 0 Å². The van der Waals surface area contributed by atoms with E-state index < -0.39 is 27.3 Å². The highest BCUT2D eigenvalue weighted by molar-refractivity contribution is 9.10. The first-order chi connectivity index (χ1) is 9.00. The average molecular weight is 367 g/mol. The number of halogens is 2. The number of sulfonamides is 1. The largest absolute Gasteiger partial charge is 0.350 e. The second-order valence-electron chi connectivity index (χ2n) is 5.06. The first-order valence-corrected chi connectivity index (χ1v) is 8.41. The van der Waals surface area contributed by atoms with Crippen LogP contribution in [0, 0.1) is 5.82 Å². The number of amides is 1. The third-order valence-electron chi connectivity index (χ3n) is 2.33. The molecule has 0 bridgehead atoms. The lowest BCUT2D eigenvalue weighted by Crippen LogP contribution is -2.51. The zero-order valence-electron chi connectivity index (χ0n) is 11.3. The van der Waals surface area contributed by atoms with Gasteiger partial charge in [-0.25, -0.2) is 17.5 Å². The molecule has 0 radical (unpaired) electrons. The molecular weight excluding hydrogens is 351 g/mol. The molecule has 0 unspecified atom stereocenters. The molecule has 2 N–H and O–H groups in total. The molecule has 0 saturated heterocycles. The Hall–Kier alpha value is -0.990. The Labute approximate surface area is 126 Å². The Morgan fingerprint density at radius 2 is 2.00 bits per heavy atom. The molecule has 1 amide bonds. The lowest BCUT2D eigenvalue weighted by atomic mass is 10.1. The van der Waals surface area contributed by atoms with Crippen molar-refractivity contribution in [3.8, 4) is 0 Å².